The largest absolute Gasteiger partial charge is 0.481 e. The molecule has 0 aromatic heterocycles. The smallest absolute Gasteiger partial charge is 0.303 e. The summed E-state index contributed by atoms with van der Waals surface area (Å²) in [6.45, 7) is 1.79. The van der Waals surface area contributed by atoms with Crippen LogP contribution in [0.3, 0.4) is 0 Å². The van der Waals surface area contributed by atoms with Gasteiger partial charge in [-0.2, -0.15) is 0 Å². The zero-order valence-electron chi connectivity index (χ0n) is 7.25. The van der Waals surface area contributed by atoms with Gasteiger partial charge in [0.1, 0.15) is 0 Å². The van der Waals surface area contributed by atoms with Gasteiger partial charge in [-0.15, -0.1) is 0 Å². The van der Waals surface area contributed by atoms with Crippen LogP contribution in [0.2, 0.25) is 0 Å². The first-order valence-corrected chi connectivity index (χ1v) is 4.04. The normalized spacial score (nSPS) is 10.4. The number of unbranched alkanes of at least 4 members (excludes halogenated alkanes) is 1. The maximum absolute atomic E-state index is 10.9. The van der Waals surface area contributed by atoms with Crippen LogP contribution in [0.5, 0.6) is 0 Å². The summed E-state index contributed by atoms with van der Waals surface area (Å²) in [5.74, 6) is -0.726. The van der Waals surface area contributed by atoms with Crippen LogP contribution in [0, 0.1) is 0 Å². The standard InChI is InChI=1S/C9H14O3/c1-2-5-8(10)6-3-4-7-9(11)12/h2,5H,3-4,6-7H2,1H3,(H,11,12)/b5-2+. The molecule has 0 unspecified atom stereocenters. The fourth-order valence-electron chi connectivity index (χ4n) is 0.845. The van der Waals surface area contributed by atoms with Gasteiger partial charge < -0.3 is 5.11 Å². The second-order valence-corrected chi connectivity index (χ2v) is 2.57. The monoisotopic (exact) mass is 170 g/mol. The number of hydrogen-bond acceptors (Lipinski definition) is 2. The molecule has 0 aliphatic heterocycles. The van der Waals surface area contributed by atoms with Crippen molar-refractivity contribution in [2.75, 3.05) is 0 Å². The molecule has 0 aromatic carbocycles. The van der Waals surface area contributed by atoms with Crippen molar-refractivity contribution >= 4 is 11.8 Å². The van der Waals surface area contributed by atoms with E-state index >= 15 is 0 Å². The topological polar surface area (TPSA) is 54.4 Å². The van der Waals surface area contributed by atoms with Crippen molar-refractivity contribution in [2.45, 2.75) is 32.6 Å². The first kappa shape index (κ1) is 10.9. The lowest BCUT2D eigenvalue weighted by Crippen LogP contribution is -1.96. The summed E-state index contributed by atoms with van der Waals surface area (Å²) in [5.41, 5.74) is 0. The van der Waals surface area contributed by atoms with Crippen LogP contribution in [-0.2, 0) is 9.59 Å². The van der Waals surface area contributed by atoms with Gasteiger partial charge in [-0.1, -0.05) is 6.08 Å². The summed E-state index contributed by atoms with van der Waals surface area (Å²) in [5, 5.41) is 8.28. The van der Waals surface area contributed by atoms with Crippen molar-refractivity contribution in [1.29, 1.82) is 0 Å². The van der Waals surface area contributed by atoms with Crippen LogP contribution in [0.4, 0.5) is 0 Å². The first-order chi connectivity index (χ1) is 5.66. The Morgan fingerprint density at radius 2 is 1.83 bits per heavy atom. The molecular weight excluding hydrogens is 156 g/mol. The molecule has 12 heavy (non-hydrogen) atoms. The van der Waals surface area contributed by atoms with Crippen molar-refractivity contribution in [3.63, 3.8) is 0 Å². The molecule has 68 valence electrons. The van der Waals surface area contributed by atoms with E-state index in [0.29, 0.717) is 19.3 Å². The maximum Gasteiger partial charge on any atom is 0.303 e. The summed E-state index contributed by atoms with van der Waals surface area (Å²) in [4.78, 5) is 20.9. The number of ketones is 1. The average Bonchev–Trinajstić information content (AvgIpc) is 1.98. The van der Waals surface area contributed by atoms with E-state index in [0.717, 1.165) is 0 Å². The molecule has 0 saturated carbocycles. The van der Waals surface area contributed by atoms with Crippen LogP contribution >= 0.6 is 0 Å². The van der Waals surface area contributed by atoms with Crippen molar-refractivity contribution < 1.29 is 14.7 Å². The van der Waals surface area contributed by atoms with E-state index in [4.69, 9.17) is 5.11 Å². The van der Waals surface area contributed by atoms with Gasteiger partial charge in [-0.25, -0.2) is 0 Å². The minimum absolute atomic E-state index is 0.0721. The predicted molar refractivity (Wildman–Crippen MR) is 45.9 cm³/mol. The molecule has 0 rings (SSSR count). The molecule has 0 radical (unpaired) electrons. The minimum Gasteiger partial charge on any atom is -0.481 e. The van der Waals surface area contributed by atoms with Gasteiger partial charge in [-0.05, 0) is 25.8 Å². The number of aliphatic carboxylic acids is 1. The van der Waals surface area contributed by atoms with E-state index in [9.17, 15) is 9.59 Å². The Labute approximate surface area is 72.1 Å². The molecule has 3 nitrogen and oxygen atoms in total. The summed E-state index contributed by atoms with van der Waals surface area (Å²) in [7, 11) is 0. The molecule has 0 amide bonds. The second kappa shape index (κ2) is 6.58. The number of carbonyl (C=O) groups excluding carboxylic acids is 1. The van der Waals surface area contributed by atoms with Crippen LogP contribution in [0.15, 0.2) is 12.2 Å². The van der Waals surface area contributed by atoms with E-state index in [1.54, 1.807) is 13.0 Å². The Morgan fingerprint density at radius 1 is 1.25 bits per heavy atom. The van der Waals surface area contributed by atoms with E-state index in [2.05, 4.69) is 0 Å². The minimum atomic E-state index is -0.798. The van der Waals surface area contributed by atoms with Crippen LogP contribution in [0.1, 0.15) is 32.6 Å². The fraction of sp³-hybridized carbons (Fsp3) is 0.556. The summed E-state index contributed by atoms with van der Waals surface area (Å²) >= 11 is 0. The highest BCUT2D eigenvalue weighted by Crippen LogP contribution is 2.00. The lowest BCUT2D eigenvalue weighted by atomic mass is 10.1. The average molecular weight is 170 g/mol. The third-order valence-corrected chi connectivity index (χ3v) is 1.42. The molecule has 0 aliphatic rings. The SMILES string of the molecule is C/C=C/C(=O)CCCCC(=O)O. The van der Waals surface area contributed by atoms with Gasteiger partial charge in [-0.3, -0.25) is 9.59 Å². The van der Waals surface area contributed by atoms with Gasteiger partial charge in [0.05, 0.1) is 0 Å². The molecule has 0 heterocycles. The third kappa shape index (κ3) is 6.99. The van der Waals surface area contributed by atoms with E-state index < -0.39 is 5.97 Å². The van der Waals surface area contributed by atoms with Gasteiger partial charge >= 0.3 is 5.97 Å². The summed E-state index contributed by atoms with van der Waals surface area (Å²) < 4.78 is 0. The van der Waals surface area contributed by atoms with E-state index in [1.807, 2.05) is 0 Å². The van der Waals surface area contributed by atoms with Crippen molar-refractivity contribution in [2.24, 2.45) is 0 Å². The van der Waals surface area contributed by atoms with Gasteiger partial charge in [0.2, 0.25) is 0 Å². The molecular formula is C9H14O3. The van der Waals surface area contributed by atoms with Crippen molar-refractivity contribution in [1.82, 2.24) is 0 Å². The Balaban J connectivity index is 3.31. The summed E-state index contributed by atoms with van der Waals surface area (Å²) in [6, 6.07) is 0. The zero-order chi connectivity index (χ0) is 9.40. The fourth-order valence-corrected chi connectivity index (χ4v) is 0.845. The van der Waals surface area contributed by atoms with E-state index in [-0.39, 0.29) is 12.2 Å². The number of carboxylic acid groups (broad SMARTS) is 1. The zero-order valence-corrected chi connectivity index (χ0v) is 7.25. The van der Waals surface area contributed by atoms with Gasteiger partial charge in [0, 0.05) is 12.8 Å². The number of allylic oxidation sites excluding steroid dienone is 2. The molecule has 0 spiro atoms. The van der Waals surface area contributed by atoms with Crippen LogP contribution < -0.4 is 0 Å². The van der Waals surface area contributed by atoms with Crippen LogP contribution in [-0.4, -0.2) is 16.9 Å². The Hall–Kier alpha value is -1.12. The Morgan fingerprint density at radius 3 is 2.33 bits per heavy atom. The summed E-state index contributed by atoms with van der Waals surface area (Å²) in [6.07, 6.45) is 5.06. The molecule has 0 saturated heterocycles. The number of hydrogen-bond donors (Lipinski definition) is 1. The molecule has 0 bridgehead atoms. The predicted octanol–water partition coefficient (Wildman–Crippen LogP) is 1.78. The molecule has 0 fully saturated rings. The molecule has 0 aliphatic carbocycles. The maximum atomic E-state index is 10.9. The third-order valence-electron chi connectivity index (χ3n) is 1.42. The number of carbonyl (C=O) groups is 2. The van der Waals surface area contributed by atoms with Crippen molar-refractivity contribution in [3.8, 4) is 0 Å². The van der Waals surface area contributed by atoms with Gasteiger partial charge in [0.25, 0.3) is 0 Å². The van der Waals surface area contributed by atoms with Crippen molar-refractivity contribution in [3.05, 3.63) is 12.2 Å². The molecule has 1 N–H and O–H groups in total. The highest BCUT2D eigenvalue weighted by Gasteiger charge is 1.99. The highest BCUT2D eigenvalue weighted by atomic mass is 16.4. The Kier molecular flexibility index (Phi) is 5.97. The lowest BCUT2D eigenvalue weighted by molar-refractivity contribution is -0.137. The molecule has 3 heteroatoms. The number of rotatable bonds is 6. The lowest BCUT2D eigenvalue weighted by Gasteiger charge is -1.94. The van der Waals surface area contributed by atoms with Gasteiger partial charge in [0.15, 0.2) is 5.78 Å². The quantitative estimate of drug-likeness (QED) is 0.488. The Bertz CT molecular complexity index is 182. The molecule has 0 aromatic rings. The first-order valence-electron chi connectivity index (χ1n) is 4.04. The number of carboxylic acids is 1. The molecule has 0 atom stereocenters. The van der Waals surface area contributed by atoms with Crippen LogP contribution in [0.25, 0.3) is 0 Å². The van der Waals surface area contributed by atoms with E-state index in [1.165, 1.54) is 6.08 Å². The second-order valence-electron chi connectivity index (χ2n) is 2.57. The highest BCUT2D eigenvalue weighted by molar-refractivity contribution is 5.89.